The van der Waals surface area contributed by atoms with Gasteiger partial charge in [0, 0.05) is 22.0 Å². The van der Waals surface area contributed by atoms with E-state index in [0.717, 1.165) is 0 Å². The SMILES string of the molecule is c1ccc([C@@H]2CSC[C@@H](c3ccccc3)S2)cc1. The van der Waals surface area contributed by atoms with Crippen molar-refractivity contribution in [2.75, 3.05) is 11.5 Å². The maximum absolute atomic E-state index is 2.26. The molecule has 0 bridgehead atoms. The minimum Gasteiger partial charge on any atom is -0.159 e. The van der Waals surface area contributed by atoms with E-state index < -0.39 is 0 Å². The molecular weight excluding hydrogens is 256 g/mol. The Hall–Kier alpha value is -0.860. The number of hydrogen-bond acceptors (Lipinski definition) is 2. The van der Waals surface area contributed by atoms with Crippen LogP contribution in [0.4, 0.5) is 0 Å². The van der Waals surface area contributed by atoms with Crippen molar-refractivity contribution in [1.82, 2.24) is 0 Å². The maximum atomic E-state index is 2.26. The van der Waals surface area contributed by atoms with Gasteiger partial charge >= 0.3 is 0 Å². The van der Waals surface area contributed by atoms with E-state index in [1.54, 1.807) is 0 Å². The Bertz CT molecular complexity index is 435. The van der Waals surface area contributed by atoms with Crippen LogP contribution in [0.25, 0.3) is 0 Å². The molecule has 2 aromatic carbocycles. The van der Waals surface area contributed by atoms with Crippen LogP contribution < -0.4 is 0 Å². The number of rotatable bonds is 2. The Morgan fingerprint density at radius 1 is 0.667 bits per heavy atom. The first-order valence-corrected chi connectivity index (χ1v) is 8.36. The molecule has 1 saturated heterocycles. The molecule has 1 aliphatic heterocycles. The van der Waals surface area contributed by atoms with E-state index in [1.165, 1.54) is 22.6 Å². The molecule has 0 amide bonds. The Kier molecular flexibility index (Phi) is 3.96. The molecule has 0 aromatic heterocycles. The molecule has 1 fully saturated rings. The van der Waals surface area contributed by atoms with Gasteiger partial charge in [-0.15, -0.1) is 11.8 Å². The van der Waals surface area contributed by atoms with E-state index >= 15 is 0 Å². The summed E-state index contributed by atoms with van der Waals surface area (Å²) in [6.45, 7) is 0. The van der Waals surface area contributed by atoms with E-state index in [2.05, 4.69) is 84.2 Å². The first-order chi connectivity index (χ1) is 8.93. The fourth-order valence-electron chi connectivity index (χ4n) is 2.24. The van der Waals surface area contributed by atoms with Gasteiger partial charge in [-0.2, -0.15) is 11.8 Å². The molecule has 0 N–H and O–H groups in total. The van der Waals surface area contributed by atoms with Crippen LogP contribution in [0, 0.1) is 0 Å². The highest BCUT2D eigenvalue weighted by molar-refractivity contribution is 8.06. The maximum Gasteiger partial charge on any atom is 0.0394 e. The monoisotopic (exact) mass is 272 g/mol. The normalized spacial score (nSPS) is 23.8. The minimum atomic E-state index is 0.634. The van der Waals surface area contributed by atoms with Gasteiger partial charge in [0.15, 0.2) is 0 Å². The van der Waals surface area contributed by atoms with E-state index in [9.17, 15) is 0 Å². The van der Waals surface area contributed by atoms with Gasteiger partial charge in [0.05, 0.1) is 0 Å². The number of hydrogen-bond donors (Lipinski definition) is 0. The zero-order chi connectivity index (χ0) is 12.2. The summed E-state index contributed by atoms with van der Waals surface area (Å²) >= 11 is 4.20. The minimum absolute atomic E-state index is 0.634. The third-order valence-electron chi connectivity index (χ3n) is 3.21. The van der Waals surface area contributed by atoms with Crippen LogP contribution in [0.5, 0.6) is 0 Å². The molecule has 2 atom stereocenters. The molecule has 1 aliphatic rings. The predicted octanol–water partition coefficient (Wildman–Crippen LogP) is 4.95. The number of benzene rings is 2. The molecule has 0 nitrogen and oxygen atoms in total. The topological polar surface area (TPSA) is 0 Å². The van der Waals surface area contributed by atoms with Crippen molar-refractivity contribution in [2.24, 2.45) is 0 Å². The Morgan fingerprint density at radius 2 is 1.11 bits per heavy atom. The third-order valence-corrected chi connectivity index (χ3v) is 6.30. The molecule has 1 heterocycles. The van der Waals surface area contributed by atoms with Gasteiger partial charge < -0.3 is 0 Å². The van der Waals surface area contributed by atoms with Crippen LogP contribution in [-0.4, -0.2) is 11.5 Å². The van der Waals surface area contributed by atoms with Gasteiger partial charge in [0.1, 0.15) is 0 Å². The van der Waals surface area contributed by atoms with Crippen LogP contribution in [-0.2, 0) is 0 Å². The molecule has 18 heavy (non-hydrogen) atoms. The van der Waals surface area contributed by atoms with Gasteiger partial charge in [0.25, 0.3) is 0 Å². The summed E-state index contributed by atoms with van der Waals surface area (Å²) in [5.74, 6) is 2.47. The van der Waals surface area contributed by atoms with E-state index in [0.29, 0.717) is 10.5 Å². The van der Waals surface area contributed by atoms with Gasteiger partial charge in [-0.3, -0.25) is 0 Å². The number of thioether (sulfide) groups is 2. The lowest BCUT2D eigenvalue weighted by atomic mass is 10.1. The lowest BCUT2D eigenvalue weighted by Crippen LogP contribution is -2.11. The zero-order valence-corrected chi connectivity index (χ0v) is 11.8. The second-order valence-corrected chi connectivity index (χ2v) is 6.96. The third kappa shape index (κ3) is 2.76. The highest BCUT2D eigenvalue weighted by atomic mass is 32.2. The van der Waals surface area contributed by atoms with Gasteiger partial charge in [-0.25, -0.2) is 0 Å². The molecule has 3 rings (SSSR count). The second-order valence-electron chi connectivity index (χ2n) is 4.47. The highest BCUT2D eigenvalue weighted by Gasteiger charge is 2.24. The van der Waals surface area contributed by atoms with Crippen LogP contribution in [0.3, 0.4) is 0 Å². The highest BCUT2D eigenvalue weighted by Crippen LogP contribution is 2.47. The van der Waals surface area contributed by atoms with E-state index in [1.807, 2.05) is 0 Å². The van der Waals surface area contributed by atoms with Crippen LogP contribution >= 0.6 is 23.5 Å². The van der Waals surface area contributed by atoms with Gasteiger partial charge in [0.2, 0.25) is 0 Å². The summed E-state index contributed by atoms with van der Waals surface area (Å²) < 4.78 is 0. The average molecular weight is 272 g/mol. The second kappa shape index (κ2) is 5.85. The van der Waals surface area contributed by atoms with E-state index in [4.69, 9.17) is 0 Å². The van der Waals surface area contributed by atoms with Crippen LogP contribution in [0.1, 0.15) is 21.6 Å². The fourth-order valence-corrected chi connectivity index (χ4v) is 5.42. The molecule has 0 unspecified atom stereocenters. The van der Waals surface area contributed by atoms with Crippen molar-refractivity contribution in [2.45, 2.75) is 10.5 Å². The molecule has 0 spiro atoms. The van der Waals surface area contributed by atoms with Crippen molar-refractivity contribution in [3.8, 4) is 0 Å². The predicted molar refractivity (Wildman–Crippen MR) is 83.3 cm³/mol. The van der Waals surface area contributed by atoms with Crippen LogP contribution in [0.15, 0.2) is 60.7 Å². The van der Waals surface area contributed by atoms with Crippen molar-refractivity contribution in [3.05, 3.63) is 71.8 Å². The first kappa shape index (κ1) is 12.2. The molecule has 2 heteroatoms. The molecular formula is C16H16S2. The molecule has 0 aliphatic carbocycles. The Morgan fingerprint density at radius 3 is 1.56 bits per heavy atom. The summed E-state index contributed by atoms with van der Waals surface area (Å²) in [4.78, 5) is 0. The lowest BCUT2D eigenvalue weighted by molar-refractivity contribution is 1.02. The summed E-state index contributed by atoms with van der Waals surface area (Å²) in [5.41, 5.74) is 2.94. The molecule has 0 radical (unpaired) electrons. The standard InChI is InChI=1S/C16H16S2/c1-3-7-13(8-4-1)15-11-17-12-16(18-15)14-9-5-2-6-10-14/h1-10,15-16H,11-12H2/t15-,16-/m0/s1. The largest absolute Gasteiger partial charge is 0.159 e. The van der Waals surface area contributed by atoms with Crippen molar-refractivity contribution in [1.29, 1.82) is 0 Å². The van der Waals surface area contributed by atoms with Gasteiger partial charge in [-0.1, -0.05) is 60.7 Å². The molecule has 0 saturated carbocycles. The smallest absolute Gasteiger partial charge is 0.0394 e. The Balaban J connectivity index is 1.77. The Labute approximate surface area is 117 Å². The summed E-state index contributed by atoms with van der Waals surface area (Å²) in [6.07, 6.45) is 0. The van der Waals surface area contributed by atoms with Crippen molar-refractivity contribution in [3.63, 3.8) is 0 Å². The molecule has 2 aromatic rings. The molecule has 92 valence electrons. The van der Waals surface area contributed by atoms with Crippen molar-refractivity contribution < 1.29 is 0 Å². The summed E-state index contributed by atoms with van der Waals surface area (Å²) in [5, 5.41) is 1.27. The first-order valence-electron chi connectivity index (χ1n) is 6.26. The van der Waals surface area contributed by atoms with Gasteiger partial charge in [-0.05, 0) is 11.1 Å². The van der Waals surface area contributed by atoms with Crippen molar-refractivity contribution >= 4 is 23.5 Å². The lowest BCUT2D eigenvalue weighted by Gasteiger charge is -2.29. The average Bonchev–Trinajstić information content (AvgIpc) is 2.49. The van der Waals surface area contributed by atoms with E-state index in [-0.39, 0.29) is 0 Å². The fraction of sp³-hybridized carbons (Fsp3) is 0.250. The van der Waals surface area contributed by atoms with Crippen LogP contribution in [0.2, 0.25) is 0 Å². The quantitative estimate of drug-likeness (QED) is 0.758. The zero-order valence-electron chi connectivity index (χ0n) is 10.2. The summed E-state index contributed by atoms with van der Waals surface area (Å²) in [7, 11) is 0. The summed E-state index contributed by atoms with van der Waals surface area (Å²) in [6, 6.07) is 21.8.